The number of piperidine rings is 1. The molecule has 4 rings (SSSR count). The lowest BCUT2D eigenvalue weighted by Crippen LogP contribution is -2.40. The van der Waals surface area contributed by atoms with Crippen LogP contribution in [0.15, 0.2) is 66.4 Å². The van der Waals surface area contributed by atoms with Crippen LogP contribution in [0.4, 0.5) is 9.18 Å². The number of carbonyl (C=O) groups is 2. The van der Waals surface area contributed by atoms with Gasteiger partial charge in [0.1, 0.15) is 18.2 Å². The standard InChI is InChI=1S/C29H31FN2O5/c1-35-23-11-12-27-25(16-23)24(26(30)17-31-27)10-6-9-21-13-14-32(18-22(21)15-28(33)36-2)29(34)37-19-20-7-4-3-5-8-20/h3-5,7-8,11-12,15-17,21H,6,9-10,13-14,18-19H2,1-2H3. The molecule has 1 aliphatic heterocycles. The highest BCUT2D eigenvalue weighted by Crippen LogP contribution is 2.30. The van der Waals surface area contributed by atoms with E-state index in [1.54, 1.807) is 18.1 Å². The van der Waals surface area contributed by atoms with Gasteiger partial charge < -0.3 is 19.1 Å². The Morgan fingerprint density at radius 2 is 1.97 bits per heavy atom. The summed E-state index contributed by atoms with van der Waals surface area (Å²) in [4.78, 5) is 30.5. The van der Waals surface area contributed by atoms with E-state index >= 15 is 0 Å². The van der Waals surface area contributed by atoms with Crippen LogP contribution in [0, 0.1) is 11.7 Å². The molecule has 0 spiro atoms. The zero-order chi connectivity index (χ0) is 26.2. The molecule has 1 atom stereocenters. The maximum atomic E-state index is 14.7. The molecule has 1 unspecified atom stereocenters. The number of benzene rings is 2. The van der Waals surface area contributed by atoms with Gasteiger partial charge in [0.05, 0.1) is 25.9 Å². The smallest absolute Gasteiger partial charge is 0.410 e. The van der Waals surface area contributed by atoms with E-state index in [4.69, 9.17) is 14.2 Å². The van der Waals surface area contributed by atoms with Crippen molar-refractivity contribution in [2.24, 2.45) is 5.92 Å². The molecule has 2 aromatic carbocycles. The maximum Gasteiger partial charge on any atom is 0.410 e. The van der Waals surface area contributed by atoms with Crippen LogP contribution < -0.4 is 4.74 Å². The summed E-state index contributed by atoms with van der Waals surface area (Å²) < 4.78 is 30.3. The van der Waals surface area contributed by atoms with E-state index in [0.29, 0.717) is 42.6 Å². The third-order valence-electron chi connectivity index (χ3n) is 6.73. The van der Waals surface area contributed by atoms with E-state index in [0.717, 1.165) is 22.9 Å². The van der Waals surface area contributed by atoms with Gasteiger partial charge in [-0.15, -0.1) is 0 Å². The van der Waals surface area contributed by atoms with Gasteiger partial charge in [-0.25, -0.2) is 14.0 Å². The molecule has 7 nitrogen and oxygen atoms in total. The summed E-state index contributed by atoms with van der Waals surface area (Å²) in [5, 5.41) is 0.737. The Labute approximate surface area is 215 Å². The Hall–Kier alpha value is -3.94. The second-order valence-corrected chi connectivity index (χ2v) is 9.05. The molecule has 194 valence electrons. The SMILES string of the molecule is COC(=O)C=C1CN(C(=O)OCc2ccccc2)CCC1CCCc1c(F)cnc2ccc(OC)cc12. The van der Waals surface area contributed by atoms with E-state index in [1.807, 2.05) is 42.5 Å². The Morgan fingerprint density at radius 1 is 1.16 bits per heavy atom. The fourth-order valence-electron chi connectivity index (χ4n) is 4.70. The number of rotatable bonds is 8. The second kappa shape index (κ2) is 12.3. The summed E-state index contributed by atoms with van der Waals surface area (Å²) in [5.41, 5.74) is 3.04. The normalized spacial score (nSPS) is 16.6. The molecule has 0 N–H and O–H groups in total. The van der Waals surface area contributed by atoms with E-state index in [9.17, 15) is 14.0 Å². The molecule has 1 saturated heterocycles. The van der Waals surface area contributed by atoms with Crippen molar-refractivity contribution in [3.05, 3.63) is 83.3 Å². The molecule has 37 heavy (non-hydrogen) atoms. The number of fused-ring (bicyclic) bond motifs is 1. The minimum absolute atomic E-state index is 0.0722. The molecule has 0 radical (unpaired) electrons. The van der Waals surface area contributed by atoms with Crippen molar-refractivity contribution in [2.45, 2.75) is 32.3 Å². The number of nitrogens with zero attached hydrogens (tertiary/aromatic N) is 2. The summed E-state index contributed by atoms with van der Waals surface area (Å²) in [5.74, 6) is -0.0845. The minimum Gasteiger partial charge on any atom is -0.497 e. The van der Waals surface area contributed by atoms with Crippen molar-refractivity contribution >= 4 is 23.0 Å². The minimum atomic E-state index is -0.460. The third-order valence-corrected chi connectivity index (χ3v) is 6.73. The largest absolute Gasteiger partial charge is 0.497 e. The molecule has 1 aliphatic rings. The Bertz CT molecular complexity index is 1280. The number of amides is 1. The summed E-state index contributed by atoms with van der Waals surface area (Å²) in [7, 11) is 2.90. The molecule has 3 aromatic rings. The first-order chi connectivity index (χ1) is 18.0. The van der Waals surface area contributed by atoms with Crippen LogP contribution in [-0.4, -0.2) is 49.3 Å². The van der Waals surface area contributed by atoms with E-state index in [1.165, 1.54) is 19.4 Å². The molecule has 1 aromatic heterocycles. The van der Waals surface area contributed by atoms with Crippen molar-refractivity contribution in [3.8, 4) is 5.75 Å². The molecule has 2 heterocycles. The number of pyridine rings is 1. The summed E-state index contributed by atoms with van der Waals surface area (Å²) in [6, 6.07) is 14.9. The van der Waals surface area contributed by atoms with Gasteiger partial charge in [-0.05, 0) is 66.5 Å². The van der Waals surface area contributed by atoms with Gasteiger partial charge in [-0.3, -0.25) is 4.98 Å². The Balaban J connectivity index is 1.41. The summed E-state index contributed by atoms with van der Waals surface area (Å²) in [6.07, 6.45) is 4.94. The van der Waals surface area contributed by atoms with Gasteiger partial charge in [0.2, 0.25) is 0 Å². The van der Waals surface area contributed by atoms with Crippen LogP contribution in [0.5, 0.6) is 5.75 Å². The van der Waals surface area contributed by atoms with Gasteiger partial charge in [-0.2, -0.15) is 0 Å². The number of esters is 1. The molecular weight excluding hydrogens is 475 g/mol. The van der Waals surface area contributed by atoms with Crippen LogP contribution in [0.2, 0.25) is 0 Å². The number of hydrogen-bond donors (Lipinski definition) is 0. The molecule has 0 bridgehead atoms. The lowest BCUT2D eigenvalue weighted by atomic mass is 9.86. The summed E-state index contributed by atoms with van der Waals surface area (Å²) in [6.45, 7) is 0.990. The fourth-order valence-corrected chi connectivity index (χ4v) is 4.70. The van der Waals surface area contributed by atoms with Gasteiger partial charge in [0.25, 0.3) is 0 Å². The number of aryl methyl sites for hydroxylation is 1. The van der Waals surface area contributed by atoms with Crippen LogP contribution in [0.25, 0.3) is 10.9 Å². The highest BCUT2D eigenvalue weighted by Gasteiger charge is 2.28. The van der Waals surface area contributed by atoms with Gasteiger partial charge >= 0.3 is 12.1 Å². The highest BCUT2D eigenvalue weighted by atomic mass is 19.1. The number of carbonyl (C=O) groups excluding carboxylic acids is 2. The molecular formula is C29H31FN2O5. The van der Waals surface area contributed by atoms with Crippen molar-refractivity contribution < 1.29 is 28.2 Å². The van der Waals surface area contributed by atoms with Gasteiger partial charge in [0.15, 0.2) is 0 Å². The van der Waals surface area contributed by atoms with Gasteiger partial charge in [-0.1, -0.05) is 30.3 Å². The zero-order valence-corrected chi connectivity index (χ0v) is 21.1. The molecule has 8 heteroatoms. The van der Waals surface area contributed by atoms with E-state index in [-0.39, 0.29) is 24.9 Å². The van der Waals surface area contributed by atoms with E-state index < -0.39 is 12.1 Å². The molecule has 1 fully saturated rings. The molecule has 0 aliphatic carbocycles. The van der Waals surface area contributed by atoms with Crippen LogP contribution >= 0.6 is 0 Å². The fraction of sp³-hybridized carbons (Fsp3) is 0.345. The first-order valence-corrected chi connectivity index (χ1v) is 12.3. The average molecular weight is 507 g/mol. The highest BCUT2D eigenvalue weighted by molar-refractivity contribution is 5.84. The lowest BCUT2D eigenvalue weighted by molar-refractivity contribution is -0.135. The summed E-state index contributed by atoms with van der Waals surface area (Å²) >= 11 is 0. The topological polar surface area (TPSA) is 78.0 Å². The molecule has 0 saturated carbocycles. The van der Waals surface area contributed by atoms with Crippen molar-refractivity contribution in [1.29, 1.82) is 0 Å². The number of ether oxygens (including phenoxy) is 3. The average Bonchev–Trinajstić information content (AvgIpc) is 2.93. The van der Waals surface area contributed by atoms with Crippen molar-refractivity contribution in [2.75, 3.05) is 27.3 Å². The Morgan fingerprint density at radius 3 is 2.73 bits per heavy atom. The number of aromatic nitrogens is 1. The predicted molar refractivity (Wildman–Crippen MR) is 138 cm³/mol. The monoisotopic (exact) mass is 506 g/mol. The number of hydrogen-bond acceptors (Lipinski definition) is 6. The zero-order valence-electron chi connectivity index (χ0n) is 21.1. The quantitative estimate of drug-likeness (QED) is 0.298. The van der Waals surface area contributed by atoms with E-state index in [2.05, 4.69) is 4.98 Å². The number of likely N-dealkylation sites (tertiary alicyclic amines) is 1. The molecule has 1 amide bonds. The van der Waals surface area contributed by atoms with Crippen LogP contribution in [0.1, 0.15) is 30.4 Å². The number of methoxy groups -OCH3 is 2. The first-order valence-electron chi connectivity index (χ1n) is 12.3. The van der Waals surface area contributed by atoms with Crippen LogP contribution in [0.3, 0.4) is 0 Å². The maximum absolute atomic E-state index is 14.7. The third kappa shape index (κ3) is 6.64. The number of halogens is 1. The lowest BCUT2D eigenvalue weighted by Gasteiger charge is -2.33. The van der Waals surface area contributed by atoms with Crippen molar-refractivity contribution in [1.82, 2.24) is 9.88 Å². The first kappa shape index (κ1) is 26.1. The van der Waals surface area contributed by atoms with Crippen LogP contribution in [-0.2, 0) is 27.3 Å². The Kier molecular flexibility index (Phi) is 8.72. The van der Waals surface area contributed by atoms with Gasteiger partial charge in [0, 0.05) is 24.6 Å². The second-order valence-electron chi connectivity index (χ2n) is 9.05. The predicted octanol–water partition coefficient (Wildman–Crippen LogP) is 5.46. The van der Waals surface area contributed by atoms with Crippen molar-refractivity contribution in [3.63, 3.8) is 0 Å².